The summed E-state index contributed by atoms with van der Waals surface area (Å²) in [6, 6.07) is 1.36. The molecular formula is C11H13F2NO3. The first-order valence-electron chi connectivity index (χ1n) is 5.02. The smallest absolute Gasteiger partial charge is 0.342 e. The minimum Gasteiger partial charge on any atom is -0.494 e. The molecule has 0 atom stereocenters. The number of carbonyl (C=O) groups excluding carboxylic acids is 1. The number of hydrogen-bond acceptors (Lipinski definition) is 4. The van der Waals surface area contributed by atoms with Crippen molar-refractivity contribution in [3.8, 4) is 5.75 Å². The van der Waals surface area contributed by atoms with Gasteiger partial charge in [0.05, 0.1) is 13.7 Å². The molecule has 17 heavy (non-hydrogen) atoms. The summed E-state index contributed by atoms with van der Waals surface area (Å²) >= 11 is 0. The molecule has 0 aliphatic carbocycles. The Labute approximate surface area is 97.6 Å². The molecule has 0 saturated carbocycles. The van der Waals surface area contributed by atoms with Crippen LogP contribution in [0.2, 0.25) is 0 Å². The molecule has 0 spiro atoms. The van der Waals surface area contributed by atoms with Crippen LogP contribution < -0.4 is 4.74 Å². The molecule has 0 aliphatic rings. The number of esters is 1. The number of alkyl halides is 2. The maximum absolute atomic E-state index is 12.7. The molecule has 0 radical (unpaired) electrons. The number of methoxy groups -OCH3 is 1. The summed E-state index contributed by atoms with van der Waals surface area (Å²) in [4.78, 5) is 15.2. The number of rotatable bonds is 4. The summed E-state index contributed by atoms with van der Waals surface area (Å²) in [5.74, 6) is -0.930. The summed E-state index contributed by atoms with van der Waals surface area (Å²) < 4.78 is 35.0. The van der Waals surface area contributed by atoms with Crippen molar-refractivity contribution in [1.29, 1.82) is 0 Å². The molecule has 0 amide bonds. The second-order valence-corrected chi connectivity index (χ2v) is 3.25. The van der Waals surface area contributed by atoms with Gasteiger partial charge >= 0.3 is 5.97 Å². The van der Waals surface area contributed by atoms with Crippen LogP contribution in [0, 0.1) is 6.92 Å². The van der Waals surface area contributed by atoms with Crippen molar-refractivity contribution in [2.24, 2.45) is 0 Å². The maximum Gasteiger partial charge on any atom is 0.342 e. The molecule has 0 saturated heterocycles. The third kappa shape index (κ3) is 2.89. The molecule has 0 bridgehead atoms. The van der Waals surface area contributed by atoms with Gasteiger partial charge < -0.3 is 9.47 Å². The van der Waals surface area contributed by atoms with Crippen LogP contribution >= 0.6 is 0 Å². The predicted octanol–water partition coefficient (Wildman–Crippen LogP) is 2.51. The number of hydrogen-bond donors (Lipinski definition) is 0. The van der Waals surface area contributed by atoms with Crippen LogP contribution in [0.5, 0.6) is 5.75 Å². The average molecular weight is 245 g/mol. The number of carbonyl (C=O) groups is 1. The van der Waals surface area contributed by atoms with E-state index < -0.39 is 18.1 Å². The van der Waals surface area contributed by atoms with Crippen LogP contribution in [-0.2, 0) is 4.74 Å². The molecule has 1 heterocycles. The monoisotopic (exact) mass is 245 g/mol. The fourth-order valence-electron chi connectivity index (χ4n) is 1.41. The van der Waals surface area contributed by atoms with Crippen molar-refractivity contribution < 1.29 is 23.0 Å². The van der Waals surface area contributed by atoms with E-state index in [1.54, 1.807) is 6.92 Å². The lowest BCUT2D eigenvalue weighted by molar-refractivity contribution is 0.0521. The highest BCUT2D eigenvalue weighted by atomic mass is 19.3. The Morgan fingerprint density at radius 1 is 1.53 bits per heavy atom. The van der Waals surface area contributed by atoms with Gasteiger partial charge in [-0.3, -0.25) is 0 Å². The zero-order chi connectivity index (χ0) is 13.0. The fourth-order valence-corrected chi connectivity index (χ4v) is 1.41. The van der Waals surface area contributed by atoms with E-state index in [0.717, 1.165) is 0 Å². The SMILES string of the molecule is CCOC(=O)c1cc(C)nc(C(F)F)c1OC. The zero-order valence-electron chi connectivity index (χ0n) is 9.79. The zero-order valence-corrected chi connectivity index (χ0v) is 9.79. The van der Waals surface area contributed by atoms with E-state index in [-0.39, 0.29) is 17.9 Å². The number of ether oxygens (including phenoxy) is 2. The maximum atomic E-state index is 12.7. The average Bonchev–Trinajstić information content (AvgIpc) is 2.28. The van der Waals surface area contributed by atoms with Crippen LogP contribution in [0.4, 0.5) is 8.78 Å². The number of aryl methyl sites for hydroxylation is 1. The van der Waals surface area contributed by atoms with Crippen molar-refractivity contribution in [2.45, 2.75) is 20.3 Å². The topological polar surface area (TPSA) is 48.4 Å². The van der Waals surface area contributed by atoms with Crippen LogP contribution in [0.15, 0.2) is 6.07 Å². The highest BCUT2D eigenvalue weighted by Crippen LogP contribution is 2.31. The molecule has 6 heteroatoms. The molecule has 1 aromatic rings. The Hall–Kier alpha value is -1.72. The lowest BCUT2D eigenvalue weighted by Crippen LogP contribution is -2.10. The van der Waals surface area contributed by atoms with Crippen molar-refractivity contribution in [1.82, 2.24) is 4.98 Å². The summed E-state index contributed by atoms with van der Waals surface area (Å²) in [6.07, 6.45) is -2.81. The molecule has 0 aliphatic heterocycles. The number of halogens is 2. The molecule has 0 aromatic carbocycles. The van der Waals surface area contributed by atoms with Gasteiger partial charge in [0.25, 0.3) is 6.43 Å². The van der Waals surface area contributed by atoms with Crippen molar-refractivity contribution in [3.05, 3.63) is 23.0 Å². The first-order chi connectivity index (χ1) is 8.01. The molecule has 1 rings (SSSR count). The van der Waals surface area contributed by atoms with Gasteiger partial charge in [-0.25, -0.2) is 18.6 Å². The third-order valence-electron chi connectivity index (χ3n) is 2.03. The van der Waals surface area contributed by atoms with Gasteiger partial charge in [0.2, 0.25) is 0 Å². The van der Waals surface area contributed by atoms with E-state index in [1.807, 2.05) is 0 Å². The first-order valence-corrected chi connectivity index (χ1v) is 5.02. The molecule has 1 aromatic heterocycles. The Morgan fingerprint density at radius 2 is 2.18 bits per heavy atom. The summed E-state index contributed by atoms with van der Waals surface area (Å²) in [5.41, 5.74) is -0.267. The fraction of sp³-hybridized carbons (Fsp3) is 0.455. The predicted molar refractivity (Wildman–Crippen MR) is 56.4 cm³/mol. The van der Waals surface area contributed by atoms with E-state index in [2.05, 4.69) is 4.98 Å². The number of aromatic nitrogens is 1. The number of pyridine rings is 1. The van der Waals surface area contributed by atoms with Gasteiger partial charge in [0, 0.05) is 5.69 Å². The van der Waals surface area contributed by atoms with E-state index in [9.17, 15) is 13.6 Å². The largest absolute Gasteiger partial charge is 0.494 e. The molecule has 0 N–H and O–H groups in total. The van der Waals surface area contributed by atoms with Gasteiger partial charge in [-0.2, -0.15) is 0 Å². The second kappa shape index (κ2) is 5.56. The lowest BCUT2D eigenvalue weighted by Gasteiger charge is -2.12. The molecule has 0 unspecified atom stereocenters. The summed E-state index contributed by atoms with van der Waals surface area (Å²) in [6.45, 7) is 3.31. The highest BCUT2D eigenvalue weighted by Gasteiger charge is 2.24. The molecular weight excluding hydrogens is 232 g/mol. The Kier molecular flexibility index (Phi) is 4.37. The van der Waals surface area contributed by atoms with Crippen molar-refractivity contribution in [2.75, 3.05) is 13.7 Å². The lowest BCUT2D eigenvalue weighted by atomic mass is 10.1. The Bertz CT molecular complexity index is 421. The van der Waals surface area contributed by atoms with E-state index >= 15 is 0 Å². The van der Waals surface area contributed by atoms with E-state index in [0.29, 0.717) is 5.69 Å². The summed E-state index contributed by atoms with van der Waals surface area (Å²) in [7, 11) is 1.21. The normalized spacial score (nSPS) is 10.5. The highest BCUT2D eigenvalue weighted by molar-refractivity contribution is 5.93. The van der Waals surface area contributed by atoms with E-state index in [1.165, 1.54) is 20.1 Å². The van der Waals surface area contributed by atoms with Crippen LogP contribution in [0.3, 0.4) is 0 Å². The van der Waals surface area contributed by atoms with Crippen LogP contribution in [0.1, 0.15) is 35.1 Å². The standard InChI is InChI=1S/C11H13F2NO3/c1-4-17-11(15)7-5-6(2)14-8(10(12)13)9(7)16-3/h5,10H,4H2,1-3H3. The summed E-state index contributed by atoms with van der Waals surface area (Å²) in [5, 5.41) is 0. The second-order valence-electron chi connectivity index (χ2n) is 3.25. The van der Waals surface area contributed by atoms with Gasteiger partial charge in [-0.1, -0.05) is 0 Å². The quantitative estimate of drug-likeness (QED) is 0.765. The minimum atomic E-state index is -2.81. The van der Waals surface area contributed by atoms with Gasteiger partial charge in [0.1, 0.15) is 11.3 Å². The van der Waals surface area contributed by atoms with Crippen LogP contribution in [-0.4, -0.2) is 24.7 Å². The molecule has 94 valence electrons. The first kappa shape index (κ1) is 13.3. The molecule has 0 fully saturated rings. The third-order valence-corrected chi connectivity index (χ3v) is 2.03. The van der Waals surface area contributed by atoms with Gasteiger partial charge in [-0.15, -0.1) is 0 Å². The molecule has 4 nitrogen and oxygen atoms in total. The van der Waals surface area contributed by atoms with Gasteiger partial charge in [0.15, 0.2) is 5.75 Å². The van der Waals surface area contributed by atoms with Gasteiger partial charge in [-0.05, 0) is 19.9 Å². The van der Waals surface area contributed by atoms with Crippen molar-refractivity contribution >= 4 is 5.97 Å². The Morgan fingerprint density at radius 3 is 2.65 bits per heavy atom. The van der Waals surface area contributed by atoms with Crippen molar-refractivity contribution in [3.63, 3.8) is 0 Å². The van der Waals surface area contributed by atoms with E-state index in [4.69, 9.17) is 9.47 Å². The minimum absolute atomic E-state index is 0.0304. The Balaban J connectivity index is 3.32. The van der Waals surface area contributed by atoms with Crippen LogP contribution in [0.25, 0.3) is 0 Å². The number of nitrogens with zero attached hydrogens (tertiary/aromatic N) is 1.